The van der Waals surface area contributed by atoms with Gasteiger partial charge in [0.05, 0.1) is 0 Å². The van der Waals surface area contributed by atoms with E-state index in [0.717, 1.165) is 6.07 Å². The minimum atomic E-state index is -3.67. The predicted octanol–water partition coefficient (Wildman–Crippen LogP) is -0.348. The van der Waals surface area contributed by atoms with Crippen LogP contribution in [0.5, 0.6) is 17.2 Å². The first kappa shape index (κ1) is 25.5. The van der Waals surface area contributed by atoms with Crippen LogP contribution in [0.4, 0.5) is 21.7 Å². The fourth-order valence-corrected chi connectivity index (χ4v) is 1.10. The molecule has 123 valence electrons. The summed E-state index contributed by atoms with van der Waals surface area (Å²) in [4.78, 5) is 0. The number of phenolic OH excluding ortho intramolecular Hbond substituents is 2. The van der Waals surface area contributed by atoms with Crippen LogP contribution in [0.2, 0.25) is 0 Å². The van der Waals surface area contributed by atoms with Crippen LogP contribution in [-0.4, -0.2) is 30.5 Å². The maximum atomic E-state index is 12.6. The second-order valence-electron chi connectivity index (χ2n) is 3.44. The van der Waals surface area contributed by atoms with Gasteiger partial charge in [-0.1, -0.05) is 6.07 Å². The molecule has 3 N–H and O–H groups in total. The SMILES string of the molecule is FB(F)F.O[B]Oc1c(O)cccc1F.Oc1[c-]c(F)ccc1.[K+]. The van der Waals surface area contributed by atoms with E-state index in [0.29, 0.717) is 7.69 Å². The van der Waals surface area contributed by atoms with Crippen LogP contribution in [0.25, 0.3) is 0 Å². The molecule has 0 spiro atoms. The van der Waals surface area contributed by atoms with Gasteiger partial charge in [0.1, 0.15) is 0 Å². The Kier molecular flexibility index (Phi) is 15.4. The van der Waals surface area contributed by atoms with Gasteiger partial charge in [0, 0.05) is 11.6 Å². The standard InChI is InChI=1S/C6H5BFO3.C6H4FO.BF3.K/c8-4-2-1-3-5(9)6(4)11-7-10;7-5-2-1-3-6(8)4-5;2-1(3)4;/h1-3,9-10H;1-3,8H;;/q;-1;;+1. The molecule has 2 aromatic carbocycles. The molecular weight excluding hydrogens is 364 g/mol. The molecule has 0 aliphatic rings. The number of hydrogen-bond donors (Lipinski definition) is 3. The fourth-order valence-electron chi connectivity index (χ4n) is 1.10. The van der Waals surface area contributed by atoms with Gasteiger partial charge >= 0.3 is 66.6 Å². The second-order valence-corrected chi connectivity index (χ2v) is 3.44. The largest absolute Gasteiger partial charge is 1.00 e. The van der Waals surface area contributed by atoms with Gasteiger partial charge in [-0.3, -0.25) is 12.9 Å². The number of aromatic hydroxyl groups is 2. The van der Waals surface area contributed by atoms with E-state index in [1.54, 1.807) is 0 Å². The van der Waals surface area contributed by atoms with Crippen molar-refractivity contribution < 1.29 is 93.0 Å². The molecule has 24 heavy (non-hydrogen) atoms. The Morgan fingerprint density at radius 3 is 1.92 bits per heavy atom. The summed E-state index contributed by atoms with van der Waals surface area (Å²) in [6.07, 6.45) is 0. The molecule has 1 radical (unpaired) electrons. The number of phenols is 2. The van der Waals surface area contributed by atoms with E-state index in [1.165, 1.54) is 30.3 Å². The average Bonchev–Trinajstić information content (AvgIpc) is 2.43. The summed E-state index contributed by atoms with van der Waals surface area (Å²) in [6, 6.07) is 9.75. The maximum Gasteiger partial charge on any atom is 1.00 e. The Morgan fingerprint density at radius 1 is 1.00 bits per heavy atom. The van der Waals surface area contributed by atoms with Crippen LogP contribution >= 0.6 is 0 Å². The van der Waals surface area contributed by atoms with Crippen molar-refractivity contribution in [3.63, 3.8) is 0 Å². The molecule has 0 aliphatic heterocycles. The smallest absolute Gasteiger partial charge is 0.534 e. The number of halogens is 5. The number of para-hydroxylation sites is 1. The minimum Gasteiger partial charge on any atom is -0.534 e. The molecule has 2 aromatic rings. The topological polar surface area (TPSA) is 69.9 Å². The molecule has 0 saturated heterocycles. The average molecular weight is 373 g/mol. The monoisotopic (exact) mass is 373 g/mol. The van der Waals surface area contributed by atoms with Crippen molar-refractivity contribution in [2.75, 3.05) is 0 Å². The Bertz CT molecular complexity index is 555. The molecule has 4 nitrogen and oxygen atoms in total. The maximum absolute atomic E-state index is 12.6. The summed E-state index contributed by atoms with van der Waals surface area (Å²) < 4.78 is 57.8. The van der Waals surface area contributed by atoms with Crippen molar-refractivity contribution in [1.29, 1.82) is 0 Å². The zero-order valence-electron chi connectivity index (χ0n) is 12.3. The van der Waals surface area contributed by atoms with Crippen LogP contribution < -0.4 is 56.0 Å². The quantitative estimate of drug-likeness (QED) is 0.383. The first-order chi connectivity index (χ1) is 10.8. The fraction of sp³-hybridized carbons (Fsp3) is 0. The van der Waals surface area contributed by atoms with Crippen molar-refractivity contribution >= 4 is 15.2 Å². The van der Waals surface area contributed by atoms with Crippen LogP contribution in [0.15, 0.2) is 36.4 Å². The van der Waals surface area contributed by atoms with E-state index < -0.39 is 19.2 Å². The molecule has 0 bridgehead atoms. The van der Waals surface area contributed by atoms with Gasteiger partial charge in [0.15, 0.2) is 17.3 Å². The van der Waals surface area contributed by atoms with Gasteiger partial charge in [-0.05, 0) is 12.1 Å². The van der Waals surface area contributed by atoms with Gasteiger partial charge in [0.25, 0.3) is 0 Å². The summed E-state index contributed by atoms with van der Waals surface area (Å²) >= 11 is 0. The normalized spacial score (nSPS) is 8.42. The minimum absolute atomic E-state index is 0. The van der Waals surface area contributed by atoms with Crippen molar-refractivity contribution in [3.05, 3.63) is 54.1 Å². The Hall–Kier alpha value is -0.784. The molecule has 0 saturated carbocycles. The molecule has 0 atom stereocenters. The summed E-state index contributed by atoms with van der Waals surface area (Å²) in [5.41, 5.74) is 0. The van der Waals surface area contributed by atoms with Gasteiger partial charge < -0.3 is 19.9 Å². The number of benzene rings is 2. The molecule has 0 amide bonds. The van der Waals surface area contributed by atoms with E-state index in [4.69, 9.17) is 15.2 Å². The summed E-state index contributed by atoms with van der Waals surface area (Å²) in [5.74, 6) is -2.16. The predicted molar refractivity (Wildman–Crippen MR) is 72.6 cm³/mol. The zero-order chi connectivity index (χ0) is 17.8. The number of hydrogen-bond acceptors (Lipinski definition) is 4. The molecule has 0 fully saturated rings. The Balaban J connectivity index is 0. The van der Waals surface area contributed by atoms with Crippen molar-refractivity contribution in [2.24, 2.45) is 0 Å². The van der Waals surface area contributed by atoms with Crippen molar-refractivity contribution in [1.82, 2.24) is 0 Å². The first-order valence-corrected chi connectivity index (χ1v) is 5.67. The van der Waals surface area contributed by atoms with E-state index in [2.05, 4.69) is 10.7 Å². The molecule has 0 unspecified atom stereocenters. The van der Waals surface area contributed by atoms with Crippen LogP contribution in [0.3, 0.4) is 0 Å². The van der Waals surface area contributed by atoms with Crippen molar-refractivity contribution in [2.45, 2.75) is 0 Å². The summed E-state index contributed by atoms with van der Waals surface area (Å²) in [7, 11) is -3.36. The third kappa shape index (κ3) is 12.6. The van der Waals surface area contributed by atoms with Gasteiger partial charge in [-0.2, -0.15) is 6.07 Å². The summed E-state index contributed by atoms with van der Waals surface area (Å²) in [6.45, 7) is 0. The molecule has 0 aliphatic carbocycles. The van der Waals surface area contributed by atoms with Gasteiger partial charge in [0.2, 0.25) is 0 Å². The van der Waals surface area contributed by atoms with E-state index in [9.17, 15) is 21.7 Å². The van der Waals surface area contributed by atoms with Crippen LogP contribution in [0, 0.1) is 17.7 Å². The Labute approximate surface area is 178 Å². The molecule has 0 aromatic heterocycles. The molecule has 0 heterocycles. The Morgan fingerprint density at radius 2 is 1.54 bits per heavy atom. The van der Waals surface area contributed by atoms with E-state index in [1.807, 2.05) is 0 Å². The third-order valence-electron chi connectivity index (χ3n) is 1.86. The zero-order valence-corrected chi connectivity index (χ0v) is 15.4. The summed E-state index contributed by atoms with van der Waals surface area (Å²) in [5, 5.41) is 25.6. The van der Waals surface area contributed by atoms with Gasteiger partial charge in [-0.25, -0.2) is 8.78 Å². The second kappa shape index (κ2) is 14.6. The molecule has 12 heteroatoms. The van der Waals surface area contributed by atoms with Crippen molar-refractivity contribution in [3.8, 4) is 17.2 Å². The van der Waals surface area contributed by atoms with Crippen LogP contribution in [-0.2, 0) is 0 Å². The first-order valence-electron chi connectivity index (χ1n) is 5.67. The third-order valence-corrected chi connectivity index (χ3v) is 1.86. The van der Waals surface area contributed by atoms with E-state index in [-0.39, 0.29) is 68.6 Å². The molecule has 2 rings (SSSR count). The van der Waals surface area contributed by atoms with Crippen LogP contribution in [0.1, 0.15) is 0 Å². The number of rotatable bonds is 2. The molecular formula is C12H9B2F5KO4. The van der Waals surface area contributed by atoms with Gasteiger partial charge in [-0.15, -0.1) is 18.2 Å². The van der Waals surface area contributed by atoms with E-state index >= 15 is 0 Å².